The number of hydrogen-bond acceptors (Lipinski definition) is 1. The van der Waals surface area contributed by atoms with Gasteiger partial charge in [0.15, 0.2) is 0 Å². The molecule has 2 rings (SSSR count). The molecule has 0 heterocycles. The Morgan fingerprint density at radius 1 is 0.929 bits per heavy atom. The Morgan fingerprint density at radius 3 is 2.36 bits per heavy atom. The normalized spacial score (nSPS) is 41.1. The van der Waals surface area contributed by atoms with Crippen molar-refractivity contribution >= 4 is 0 Å². The molecule has 2 fully saturated rings. The number of rotatable bonds is 1. The average molecular weight is 195 g/mol. The highest BCUT2D eigenvalue weighted by Crippen LogP contribution is 2.41. The molecule has 0 spiro atoms. The van der Waals surface area contributed by atoms with Crippen LogP contribution in [-0.2, 0) is 0 Å². The van der Waals surface area contributed by atoms with Crippen LogP contribution >= 0.6 is 0 Å². The van der Waals surface area contributed by atoms with E-state index in [1.165, 1.54) is 57.8 Å². The van der Waals surface area contributed by atoms with E-state index >= 15 is 0 Å². The summed E-state index contributed by atoms with van der Waals surface area (Å²) in [5.74, 6) is 1.77. The van der Waals surface area contributed by atoms with Crippen molar-refractivity contribution in [3.8, 4) is 0 Å². The van der Waals surface area contributed by atoms with Crippen molar-refractivity contribution in [3.63, 3.8) is 0 Å². The van der Waals surface area contributed by atoms with Crippen LogP contribution in [0.5, 0.6) is 0 Å². The molecule has 2 N–H and O–H groups in total. The largest absolute Gasteiger partial charge is 0.325 e. The van der Waals surface area contributed by atoms with Crippen LogP contribution in [0.2, 0.25) is 0 Å². The molecular weight excluding hydrogens is 170 g/mol. The zero-order chi connectivity index (χ0) is 10.0. The molecule has 2 aliphatic rings. The van der Waals surface area contributed by atoms with Gasteiger partial charge in [-0.3, -0.25) is 0 Å². The average Bonchev–Trinajstić information content (AvgIpc) is 2.63. The summed E-state index contributed by atoms with van der Waals surface area (Å²) in [4.78, 5) is 0. The Labute approximate surface area is 88.4 Å². The summed E-state index contributed by atoms with van der Waals surface area (Å²) in [5, 5.41) is 0. The first-order valence-electron chi connectivity index (χ1n) is 6.49. The van der Waals surface area contributed by atoms with Gasteiger partial charge in [-0.05, 0) is 43.9 Å². The van der Waals surface area contributed by atoms with E-state index in [1.807, 2.05) is 0 Å². The molecule has 2 saturated carbocycles. The molecular formula is C13H25N. The van der Waals surface area contributed by atoms with E-state index < -0.39 is 0 Å². The second kappa shape index (κ2) is 4.22. The van der Waals surface area contributed by atoms with Gasteiger partial charge >= 0.3 is 0 Å². The lowest BCUT2D eigenvalue weighted by Gasteiger charge is -2.34. The molecule has 0 aromatic heterocycles. The van der Waals surface area contributed by atoms with Crippen LogP contribution in [0.1, 0.15) is 64.7 Å². The lowest BCUT2D eigenvalue weighted by molar-refractivity contribution is 0.239. The Morgan fingerprint density at radius 2 is 1.64 bits per heavy atom. The maximum atomic E-state index is 6.63. The minimum Gasteiger partial charge on any atom is -0.325 e. The zero-order valence-electron chi connectivity index (χ0n) is 9.60. The molecule has 2 unspecified atom stereocenters. The van der Waals surface area contributed by atoms with Crippen LogP contribution < -0.4 is 5.73 Å². The summed E-state index contributed by atoms with van der Waals surface area (Å²) in [5.41, 5.74) is 6.85. The Kier molecular flexibility index (Phi) is 3.16. The standard InChI is InChI=1S/C13H25N/c1-11-5-4-9-13(14,10-8-11)12-6-2-3-7-12/h11-12H,2-10,14H2,1H3. The quantitative estimate of drug-likeness (QED) is 0.637. The first kappa shape index (κ1) is 10.5. The minimum absolute atomic E-state index is 0.223. The van der Waals surface area contributed by atoms with Gasteiger partial charge in [0.2, 0.25) is 0 Å². The van der Waals surface area contributed by atoms with E-state index in [4.69, 9.17) is 5.73 Å². The summed E-state index contributed by atoms with van der Waals surface area (Å²) in [7, 11) is 0. The van der Waals surface area contributed by atoms with Crippen LogP contribution in [-0.4, -0.2) is 5.54 Å². The summed E-state index contributed by atoms with van der Waals surface area (Å²) in [6.45, 7) is 2.39. The van der Waals surface area contributed by atoms with Gasteiger partial charge in [0.25, 0.3) is 0 Å². The van der Waals surface area contributed by atoms with Gasteiger partial charge in [0.05, 0.1) is 0 Å². The van der Waals surface area contributed by atoms with Crippen molar-refractivity contribution in [3.05, 3.63) is 0 Å². The number of nitrogens with two attached hydrogens (primary N) is 1. The van der Waals surface area contributed by atoms with E-state index in [0.717, 1.165) is 11.8 Å². The van der Waals surface area contributed by atoms with E-state index in [-0.39, 0.29) is 5.54 Å². The monoisotopic (exact) mass is 195 g/mol. The van der Waals surface area contributed by atoms with E-state index in [2.05, 4.69) is 6.92 Å². The topological polar surface area (TPSA) is 26.0 Å². The molecule has 0 saturated heterocycles. The molecule has 82 valence electrons. The molecule has 2 atom stereocenters. The van der Waals surface area contributed by atoms with Crippen molar-refractivity contribution in [2.75, 3.05) is 0 Å². The maximum absolute atomic E-state index is 6.63. The summed E-state index contributed by atoms with van der Waals surface area (Å²) in [6.07, 6.45) is 12.4. The van der Waals surface area contributed by atoms with Crippen LogP contribution in [0.15, 0.2) is 0 Å². The van der Waals surface area contributed by atoms with E-state index in [1.54, 1.807) is 0 Å². The molecule has 0 aromatic carbocycles. The summed E-state index contributed by atoms with van der Waals surface area (Å²) < 4.78 is 0. The molecule has 0 aromatic rings. The summed E-state index contributed by atoms with van der Waals surface area (Å²) >= 11 is 0. The van der Waals surface area contributed by atoms with Crippen molar-refractivity contribution in [1.82, 2.24) is 0 Å². The lowest BCUT2D eigenvalue weighted by atomic mass is 9.77. The van der Waals surface area contributed by atoms with Gasteiger partial charge in [0, 0.05) is 5.54 Å². The SMILES string of the molecule is CC1CCCC(N)(C2CCCC2)CC1. The highest BCUT2D eigenvalue weighted by atomic mass is 14.8. The number of hydrogen-bond donors (Lipinski definition) is 1. The maximum Gasteiger partial charge on any atom is 0.0182 e. The van der Waals surface area contributed by atoms with Crippen LogP contribution in [0.3, 0.4) is 0 Å². The molecule has 0 amide bonds. The van der Waals surface area contributed by atoms with Gasteiger partial charge < -0.3 is 5.73 Å². The van der Waals surface area contributed by atoms with Crippen molar-refractivity contribution in [2.24, 2.45) is 17.6 Å². The fraction of sp³-hybridized carbons (Fsp3) is 1.00. The van der Waals surface area contributed by atoms with Gasteiger partial charge in [-0.15, -0.1) is 0 Å². The van der Waals surface area contributed by atoms with Gasteiger partial charge in [-0.1, -0.05) is 32.6 Å². The van der Waals surface area contributed by atoms with E-state index in [9.17, 15) is 0 Å². The first-order chi connectivity index (χ1) is 6.71. The van der Waals surface area contributed by atoms with E-state index in [0.29, 0.717) is 0 Å². The highest BCUT2D eigenvalue weighted by Gasteiger charge is 2.37. The van der Waals surface area contributed by atoms with Crippen LogP contribution in [0, 0.1) is 11.8 Å². The van der Waals surface area contributed by atoms with Crippen molar-refractivity contribution in [1.29, 1.82) is 0 Å². The first-order valence-corrected chi connectivity index (χ1v) is 6.49. The third-order valence-corrected chi connectivity index (χ3v) is 4.61. The van der Waals surface area contributed by atoms with Gasteiger partial charge in [0.1, 0.15) is 0 Å². The second-order valence-electron chi connectivity index (χ2n) is 5.75. The van der Waals surface area contributed by atoms with Gasteiger partial charge in [-0.2, -0.15) is 0 Å². The fourth-order valence-electron chi connectivity index (χ4n) is 3.47. The van der Waals surface area contributed by atoms with Crippen LogP contribution in [0.4, 0.5) is 0 Å². The van der Waals surface area contributed by atoms with Crippen molar-refractivity contribution in [2.45, 2.75) is 70.3 Å². The molecule has 14 heavy (non-hydrogen) atoms. The molecule has 0 radical (unpaired) electrons. The smallest absolute Gasteiger partial charge is 0.0182 e. The predicted octanol–water partition coefficient (Wildman–Crippen LogP) is 3.47. The summed E-state index contributed by atoms with van der Waals surface area (Å²) in [6, 6.07) is 0. The molecule has 0 aliphatic heterocycles. The lowest BCUT2D eigenvalue weighted by Crippen LogP contribution is -2.45. The Balaban J connectivity index is 1.98. The molecule has 1 nitrogen and oxygen atoms in total. The van der Waals surface area contributed by atoms with Crippen LogP contribution in [0.25, 0.3) is 0 Å². The molecule has 0 bridgehead atoms. The zero-order valence-corrected chi connectivity index (χ0v) is 9.60. The fourth-order valence-corrected chi connectivity index (χ4v) is 3.47. The predicted molar refractivity (Wildman–Crippen MR) is 61.1 cm³/mol. The third-order valence-electron chi connectivity index (χ3n) is 4.61. The highest BCUT2D eigenvalue weighted by molar-refractivity contribution is 4.95. The Hall–Kier alpha value is -0.0400. The van der Waals surface area contributed by atoms with Crippen molar-refractivity contribution < 1.29 is 0 Å². The van der Waals surface area contributed by atoms with Gasteiger partial charge in [-0.25, -0.2) is 0 Å². The minimum atomic E-state index is 0.223. The second-order valence-corrected chi connectivity index (χ2v) is 5.75. The third kappa shape index (κ3) is 2.13. The Bertz CT molecular complexity index is 184. The molecule has 2 aliphatic carbocycles. The molecule has 1 heteroatoms.